The summed E-state index contributed by atoms with van der Waals surface area (Å²) < 4.78 is 46.8. The zero-order chi connectivity index (χ0) is 24.0. The van der Waals surface area contributed by atoms with E-state index in [1.54, 1.807) is 50.2 Å². The summed E-state index contributed by atoms with van der Waals surface area (Å²) in [5.41, 5.74) is 1.33. The van der Waals surface area contributed by atoms with E-state index in [-0.39, 0.29) is 73.5 Å². The van der Waals surface area contributed by atoms with Gasteiger partial charge in [0.25, 0.3) is 10.0 Å². The van der Waals surface area contributed by atoms with Gasteiger partial charge in [0, 0.05) is 17.7 Å². The number of halogens is 1. The molecule has 2 aromatic carbocycles. The van der Waals surface area contributed by atoms with Crippen molar-refractivity contribution in [2.45, 2.75) is 25.2 Å². The average molecular weight is 528 g/mol. The topological polar surface area (TPSA) is 145 Å². The van der Waals surface area contributed by atoms with Crippen LogP contribution in [0.15, 0.2) is 53.6 Å². The molecule has 0 fully saturated rings. The molecule has 0 aliphatic rings. The van der Waals surface area contributed by atoms with Gasteiger partial charge in [-0.15, -0.1) is 6.42 Å². The average Bonchev–Trinajstić information content (AvgIpc) is 2.80. The molecule has 0 radical (unpaired) electrons. The second-order valence-corrected chi connectivity index (χ2v) is 8.55. The van der Waals surface area contributed by atoms with E-state index < -0.39 is 21.7 Å². The number of rotatable bonds is 8. The van der Waals surface area contributed by atoms with Crippen LogP contribution < -0.4 is 20.9 Å². The molecular weight excluding hydrogens is 501 g/mol. The number of sulfonamides is 1. The third kappa shape index (κ3) is 7.88. The van der Waals surface area contributed by atoms with Crippen LogP contribution in [0.3, 0.4) is 0 Å². The van der Waals surface area contributed by atoms with Crippen LogP contribution in [0, 0.1) is 25.1 Å². The van der Waals surface area contributed by atoms with Crippen LogP contribution in [0.1, 0.15) is 18.9 Å². The van der Waals surface area contributed by atoms with Gasteiger partial charge in [0.05, 0.1) is 11.1 Å². The SMILES string of the molecule is C#CCOc1ccc(-c2nc(Nc3ccc(C)c(S(=O)(=O)NC(=O)CC)c3)ncc2F)cc1.N.[CaH2]. The third-order valence-corrected chi connectivity index (χ3v) is 6.01. The number of carbonyl (C=O) groups is 1. The van der Waals surface area contributed by atoms with E-state index in [9.17, 15) is 17.6 Å². The number of ether oxygens (including phenoxy) is 1. The van der Waals surface area contributed by atoms with Gasteiger partial charge < -0.3 is 16.2 Å². The fraction of sp³-hybridized carbons (Fsp3) is 0.174. The number of terminal acetylenes is 1. The molecule has 0 unspecified atom stereocenters. The Bertz CT molecular complexity index is 1330. The van der Waals surface area contributed by atoms with Crippen molar-refractivity contribution in [1.29, 1.82) is 0 Å². The number of hydrogen-bond acceptors (Lipinski definition) is 8. The summed E-state index contributed by atoms with van der Waals surface area (Å²) in [6.07, 6.45) is 6.21. The van der Waals surface area contributed by atoms with E-state index in [2.05, 4.69) is 21.2 Å². The first-order chi connectivity index (χ1) is 15.7. The summed E-state index contributed by atoms with van der Waals surface area (Å²) >= 11 is 0. The summed E-state index contributed by atoms with van der Waals surface area (Å²) in [7, 11) is -4.05. The van der Waals surface area contributed by atoms with Gasteiger partial charge in [-0.1, -0.05) is 18.9 Å². The van der Waals surface area contributed by atoms with Crippen molar-refractivity contribution >= 4 is 65.3 Å². The van der Waals surface area contributed by atoms with Gasteiger partial charge in [-0.05, 0) is 48.9 Å². The summed E-state index contributed by atoms with van der Waals surface area (Å²) in [5, 5.41) is 2.87. The molecule has 3 aromatic rings. The zero-order valence-electron chi connectivity index (χ0n) is 18.6. The predicted octanol–water partition coefficient (Wildman–Crippen LogP) is 2.81. The van der Waals surface area contributed by atoms with Crippen molar-refractivity contribution < 1.29 is 22.3 Å². The quantitative estimate of drug-likeness (QED) is 0.300. The molecule has 1 heterocycles. The molecule has 5 N–H and O–H groups in total. The number of aromatic nitrogens is 2. The molecule has 12 heteroatoms. The molecule has 3 rings (SSSR count). The van der Waals surface area contributed by atoms with E-state index in [1.807, 2.05) is 4.72 Å². The predicted molar refractivity (Wildman–Crippen MR) is 135 cm³/mol. The Morgan fingerprint density at radius 1 is 1.20 bits per heavy atom. The first-order valence-electron chi connectivity index (χ1n) is 9.86. The number of amides is 1. The molecular formula is C23H26CaFN5O4S. The van der Waals surface area contributed by atoms with E-state index in [0.717, 1.165) is 6.20 Å². The molecule has 0 saturated carbocycles. The van der Waals surface area contributed by atoms with Crippen LogP contribution >= 0.6 is 0 Å². The number of carbonyl (C=O) groups excluding carboxylic acids is 1. The minimum absolute atomic E-state index is 0. The van der Waals surface area contributed by atoms with Crippen LogP contribution in [-0.4, -0.2) is 68.6 Å². The van der Waals surface area contributed by atoms with Gasteiger partial charge in [-0.25, -0.2) is 27.5 Å². The third-order valence-electron chi connectivity index (χ3n) is 4.50. The monoisotopic (exact) mass is 527 g/mol. The Balaban J connectivity index is 0.00000306. The molecule has 0 aliphatic heterocycles. The number of benzene rings is 2. The molecule has 0 bridgehead atoms. The van der Waals surface area contributed by atoms with Crippen molar-refractivity contribution in [2.24, 2.45) is 0 Å². The van der Waals surface area contributed by atoms with Crippen LogP contribution in [-0.2, 0) is 14.8 Å². The van der Waals surface area contributed by atoms with Crippen molar-refractivity contribution in [1.82, 2.24) is 20.8 Å². The molecule has 182 valence electrons. The first kappa shape index (κ1) is 30.3. The van der Waals surface area contributed by atoms with Crippen molar-refractivity contribution in [3.8, 4) is 29.4 Å². The van der Waals surface area contributed by atoms with Crippen LogP contribution in [0.4, 0.5) is 16.0 Å². The summed E-state index contributed by atoms with van der Waals surface area (Å²) in [6, 6.07) is 11.1. The molecule has 1 aromatic heterocycles. The Kier molecular flexibility index (Phi) is 11.6. The van der Waals surface area contributed by atoms with Crippen LogP contribution in [0.25, 0.3) is 11.3 Å². The van der Waals surface area contributed by atoms with Gasteiger partial charge in [0.2, 0.25) is 11.9 Å². The number of anilines is 2. The second kappa shape index (κ2) is 13.4. The van der Waals surface area contributed by atoms with E-state index in [1.165, 1.54) is 6.07 Å². The van der Waals surface area contributed by atoms with Gasteiger partial charge in [-0.2, -0.15) is 0 Å². The molecule has 0 atom stereocenters. The molecule has 9 nitrogen and oxygen atoms in total. The van der Waals surface area contributed by atoms with Crippen LogP contribution in [0.5, 0.6) is 5.75 Å². The standard InChI is InChI=1S/C23H21FN4O4S.Ca.H3N.2H/c1-4-12-32-18-10-7-16(8-11-18)22-19(24)14-25-23(27-22)26-17-9-6-15(3)20(13-17)33(30,31)28-21(29)5-2;;;;/h1,6-11,13-14H,5,12H2,2-3H3,(H,28,29)(H,25,26,27);;1H3;;. The Labute approximate surface area is 233 Å². The fourth-order valence-corrected chi connectivity index (χ4v) is 4.17. The van der Waals surface area contributed by atoms with E-state index >= 15 is 0 Å². The molecule has 0 aliphatic carbocycles. The number of nitrogens with zero attached hydrogens (tertiary/aromatic N) is 2. The van der Waals surface area contributed by atoms with Crippen molar-refractivity contribution in [2.75, 3.05) is 11.9 Å². The number of aryl methyl sites for hydroxylation is 1. The van der Waals surface area contributed by atoms with Gasteiger partial charge in [0.1, 0.15) is 18.1 Å². The normalized spacial score (nSPS) is 10.2. The Morgan fingerprint density at radius 3 is 2.51 bits per heavy atom. The minimum atomic E-state index is -4.05. The summed E-state index contributed by atoms with van der Waals surface area (Å²) in [6.45, 7) is 3.28. The molecule has 1 amide bonds. The van der Waals surface area contributed by atoms with Gasteiger partial charge in [0.15, 0.2) is 5.82 Å². The second-order valence-electron chi connectivity index (χ2n) is 6.89. The van der Waals surface area contributed by atoms with Crippen molar-refractivity contribution in [3.05, 3.63) is 60.0 Å². The maximum atomic E-state index is 14.4. The fourth-order valence-electron chi connectivity index (χ4n) is 2.84. The molecule has 35 heavy (non-hydrogen) atoms. The number of nitrogens with one attached hydrogen (secondary N) is 2. The van der Waals surface area contributed by atoms with Gasteiger partial charge >= 0.3 is 37.7 Å². The Morgan fingerprint density at radius 2 is 1.89 bits per heavy atom. The van der Waals surface area contributed by atoms with Crippen LogP contribution in [0.2, 0.25) is 0 Å². The Hall–Kier alpha value is -2.75. The van der Waals surface area contributed by atoms with Crippen molar-refractivity contribution in [3.63, 3.8) is 0 Å². The zero-order valence-corrected chi connectivity index (χ0v) is 19.4. The van der Waals surface area contributed by atoms with E-state index in [4.69, 9.17) is 11.2 Å². The molecule has 0 saturated heterocycles. The van der Waals surface area contributed by atoms with E-state index in [0.29, 0.717) is 22.6 Å². The number of hydrogen-bond donors (Lipinski definition) is 3. The van der Waals surface area contributed by atoms with Gasteiger partial charge in [-0.3, -0.25) is 4.79 Å². The first-order valence-corrected chi connectivity index (χ1v) is 11.3. The summed E-state index contributed by atoms with van der Waals surface area (Å²) in [5.74, 6) is 1.71. The maximum absolute atomic E-state index is 14.4. The molecule has 0 spiro atoms. The summed E-state index contributed by atoms with van der Waals surface area (Å²) in [4.78, 5) is 19.7.